The van der Waals surface area contributed by atoms with Gasteiger partial charge in [-0.15, -0.1) is 0 Å². The Hall–Kier alpha value is -1.07. The molecule has 1 heterocycles. The highest BCUT2D eigenvalue weighted by Gasteiger charge is 2.38. The Morgan fingerprint density at radius 1 is 1.33 bits per heavy atom. The average Bonchev–Trinajstić information content (AvgIpc) is 2.72. The molecule has 2 atom stereocenters. The van der Waals surface area contributed by atoms with Gasteiger partial charge < -0.3 is 9.84 Å². The smallest absolute Gasteiger partial charge is 0.394 e. The third-order valence-electron chi connectivity index (χ3n) is 3.40. The summed E-state index contributed by atoms with van der Waals surface area (Å²) in [6.45, 7) is 1.78. The zero-order valence-electron chi connectivity index (χ0n) is 10.00. The van der Waals surface area contributed by atoms with Crippen LogP contribution in [-0.4, -0.2) is 17.8 Å². The first kappa shape index (κ1) is 13.4. The lowest BCUT2D eigenvalue weighted by atomic mass is 9.92. The number of aliphatic hydroxyl groups is 1. The molecule has 2 nitrogen and oxygen atoms in total. The van der Waals surface area contributed by atoms with Crippen molar-refractivity contribution in [2.24, 2.45) is 0 Å². The van der Waals surface area contributed by atoms with Gasteiger partial charge in [0.2, 0.25) is 0 Å². The monoisotopic (exact) mass is 260 g/mol. The third-order valence-corrected chi connectivity index (χ3v) is 3.40. The summed E-state index contributed by atoms with van der Waals surface area (Å²) < 4.78 is 43.0. The molecular weight excluding hydrogens is 245 g/mol. The fourth-order valence-corrected chi connectivity index (χ4v) is 2.27. The summed E-state index contributed by atoms with van der Waals surface area (Å²) in [6, 6.07) is 5.03. The number of halogens is 3. The molecule has 5 heteroatoms. The van der Waals surface area contributed by atoms with E-state index in [0.717, 1.165) is 12.1 Å². The Kier molecular flexibility index (Phi) is 3.38. The summed E-state index contributed by atoms with van der Waals surface area (Å²) in [4.78, 5) is 0. The number of ether oxygens (including phenoxy) is 1. The molecule has 1 aliphatic rings. The van der Waals surface area contributed by atoms with Gasteiger partial charge in [0.1, 0.15) is 0 Å². The van der Waals surface area contributed by atoms with E-state index in [1.54, 1.807) is 0 Å². The maximum atomic E-state index is 12.4. The second-order valence-electron chi connectivity index (χ2n) is 4.77. The van der Waals surface area contributed by atoms with E-state index >= 15 is 0 Å². The predicted molar refractivity (Wildman–Crippen MR) is 60.0 cm³/mol. The fourth-order valence-electron chi connectivity index (χ4n) is 2.27. The summed E-state index contributed by atoms with van der Waals surface area (Å²) in [5.74, 6) is 0. The lowest BCUT2D eigenvalue weighted by Gasteiger charge is -2.25. The standard InChI is InChI=1S/C13H15F3O2/c1-12(7-6-11(8-17)18-12)9-2-4-10(5-3-9)13(14,15)16/h2-5,11,17H,6-8H2,1H3. The Balaban J connectivity index is 2.20. The Morgan fingerprint density at radius 3 is 2.39 bits per heavy atom. The Bertz CT molecular complexity index is 413. The molecule has 0 bridgehead atoms. The van der Waals surface area contributed by atoms with Gasteiger partial charge >= 0.3 is 6.18 Å². The molecule has 1 saturated heterocycles. The van der Waals surface area contributed by atoms with Gasteiger partial charge in [0.05, 0.1) is 23.9 Å². The van der Waals surface area contributed by atoms with Crippen LogP contribution in [0.3, 0.4) is 0 Å². The molecule has 0 aliphatic carbocycles. The second-order valence-corrected chi connectivity index (χ2v) is 4.77. The predicted octanol–water partition coefficient (Wildman–Crippen LogP) is 3.09. The van der Waals surface area contributed by atoms with E-state index in [1.807, 2.05) is 6.92 Å². The third kappa shape index (κ3) is 2.52. The molecule has 1 aliphatic heterocycles. The summed E-state index contributed by atoms with van der Waals surface area (Å²) in [7, 11) is 0. The molecule has 1 fully saturated rings. The van der Waals surface area contributed by atoms with E-state index in [-0.39, 0.29) is 12.7 Å². The van der Waals surface area contributed by atoms with E-state index < -0.39 is 17.3 Å². The molecule has 1 aromatic rings. The highest BCUT2D eigenvalue weighted by molar-refractivity contribution is 5.29. The largest absolute Gasteiger partial charge is 0.416 e. The van der Waals surface area contributed by atoms with Crippen molar-refractivity contribution < 1.29 is 23.0 Å². The molecule has 0 aromatic heterocycles. The number of benzene rings is 1. The number of alkyl halides is 3. The van der Waals surface area contributed by atoms with E-state index in [2.05, 4.69) is 0 Å². The number of aliphatic hydroxyl groups excluding tert-OH is 1. The van der Waals surface area contributed by atoms with Gasteiger partial charge in [-0.1, -0.05) is 12.1 Å². The van der Waals surface area contributed by atoms with E-state index in [9.17, 15) is 13.2 Å². The molecule has 0 radical (unpaired) electrons. The average molecular weight is 260 g/mol. The van der Waals surface area contributed by atoms with Crippen molar-refractivity contribution in [1.82, 2.24) is 0 Å². The maximum absolute atomic E-state index is 12.4. The fraction of sp³-hybridized carbons (Fsp3) is 0.538. The van der Waals surface area contributed by atoms with Crippen molar-refractivity contribution in [3.63, 3.8) is 0 Å². The van der Waals surface area contributed by atoms with Crippen molar-refractivity contribution in [3.8, 4) is 0 Å². The number of hydrogen-bond donors (Lipinski definition) is 1. The van der Waals surface area contributed by atoms with Crippen molar-refractivity contribution >= 4 is 0 Å². The van der Waals surface area contributed by atoms with E-state index in [4.69, 9.17) is 9.84 Å². The molecule has 1 N–H and O–H groups in total. The van der Waals surface area contributed by atoms with Gasteiger partial charge in [-0.3, -0.25) is 0 Å². The molecule has 0 saturated carbocycles. The first-order chi connectivity index (χ1) is 8.35. The lowest BCUT2D eigenvalue weighted by molar-refractivity contribution is -0.137. The molecular formula is C13H15F3O2. The molecule has 18 heavy (non-hydrogen) atoms. The van der Waals surface area contributed by atoms with Crippen LogP contribution in [0.15, 0.2) is 24.3 Å². The van der Waals surface area contributed by atoms with Crippen LogP contribution in [-0.2, 0) is 16.5 Å². The van der Waals surface area contributed by atoms with E-state index in [1.165, 1.54) is 12.1 Å². The van der Waals surface area contributed by atoms with Crippen LogP contribution in [0.4, 0.5) is 13.2 Å². The zero-order chi connectivity index (χ0) is 13.4. The van der Waals surface area contributed by atoms with Crippen molar-refractivity contribution in [2.45, 2.75) is 37.6 Å². The Morgan fingerprint density at radius 2 is 1.94 bits per heavy atom. The molecule has 0 spiro atoms. The highest BCUT2D eigenvalue weighted by Crippen LogP contribution is 2.39. The zero-order valence-corrected chi connectivity index (χ0v) is 10.00. The van der Waals surface area contributed by atoms with Gasteiger partial charge in [0, 0.05) is 0 Å². The van der Waals surface area contributed by atoms with Crippen LogP contribution in [0.2, 0.25) is 0 Å². The van der Waals surface area contributed by atoms with Gasteiger partial charge in [0.15, 0.2) is 0 Å². The first-order valence-corrected chi connectivity index (χ1v) is 5.81. The van der Waals surface area contributed by atoms with Crippen LogP contribution >= 0.6 is 0 Å². The van der Waals surface area contributed by atoms with Crippen LogP contribution in [0.25, 0.3) is 0 Å². The lowest BCUT2D eigenvalue weighted by Crippen LogP contribution is -2.23. The normalized spacial score (nSPS) is 28.6. The van der Waals surface area contributed by atoms with Crippen LogP contribution < -0.4 is 0 Å². The molecule has 2 rings (SSSR count). The first-order valence-electron chi connectivity index (χ1n) is 5.81. The van der Waals surface area contributed by atoms with Crippen LogP contribution in [0, 0.1) is 0 Å². The summed E-state index contributed by atoms with van der Waals surface area (Å²) in [5, 5.41) is 9.02. The topological polar surface area (TPSA) is 29.5 Å². The van der Waals surface area contributed by atoms with Crippen molar-refractivity contribution in [2.75, 3.05) is 6.61 Å². The van der Waals surface area contributed by atoms with Gasteiger partial charge in [-0.05, 0) is 37.5 Å². The Labute approximate surface area is 103 Å². The van der Waals surface area contributed by atoms with Crippen molar-refractivity contribution in [1.29, 1.82) is 0 Å². The molecule has 1 aromatic carbocycles. The molecule has 0 amide bonds. The van der Waals surface area contributed by atoms with Gasteiger partial charge in [0.25, 0.3) is 0 Å². The van der Waals surface area contributed by atoms with Crippen LogP contribution in [0.5, 0.6) is 0 Å². The quantitative estimate of drug-likeness (QED) is 0.885. The van der Waals surface area contributed by atoms with Gasteiger partial charge in [-0.2, -0.15) is 13.2 Å². The number of hydrogen-bond acceptors (Lipinski definition) is 2. The van der Waals surface area contributed by atoms with Crippen LogP contribution in [0.1, 0.15) is 30.9 Å². The van der Waals surface area contributed by atoms with Gasteiger partial charge in [-0.25, -0.2) is 0 Å². The summed E-state index contributed by atoms with van der Waals surface area (Å²) >= 11 is 0. The number of rotatable bonds is 2. The van der Waals surface area contributed by atoms with E-state index in [0.29, 0.717) is 18.4 Å². The highest BCUT2D eigenvalue weighted by atomic mass is 19.4. The minimum absolute atomic E-state index is 0.0593. The molecule has 2 unspecified atom stereocenters. The molecule has 100 valence electrons. The summed E-state index contributed by atoms with van der Waals surface area (Å²) in [6.07, 6.45) is -3.13. The summed E-state index contributed by atoms with van der Waals surface area (Å²) in [5.41, 5.74) is -0.546. The maximum Gasteiger partial charge on any atom is 0.416 e. The van der Waals surface area contributed by atoms with Crippen molar-refractivity contribution in [3.05, 3.63) is 35.4 Å². The second kappa shape index (κ2) is 4.55. The minimum atomic E-state index is -4.32. The minimum Gasteiger partial charge on any atom is -0.394 e. The SMILES string of the molecule is CC1(c2ccc(C(F)(F)F)cc2)CCC(CO)O1.